The molecule has 0 heterocycles. The molecule has 0 unspecified atom stereocenters. The lowest BCUT2D eigenvalue weighted by Gasteiger charge is -2.13. The van der Waals surface area contributed by atoms with Gasteiger partial charge in [-0.1, -0.05) is 33.6 Å². The van der Waals surface area contributed by atoms with Gasteiger partial charge in [0.05, 0.1) is 24.9 Å². The largest absolute Gasteiger partial charge is 0.495 e. The van der Waals surface area contributed by atoms with Gasteiger partial charge < -0.3 is 20.1 Å². The fourth-order valence-electron chi connectivity index (χ4n) is 1.81. The predicted molar refractivity (Wildman–Crippen MR) is 91.3 cm³/mol. The molecule has 0 aromatic heterocycles. The summed E-state index contributed by atoms with van der Waals surface area (Å²) in [5, 5.41) is 5.83. The first kappa shape index (κ1) is 16.5. The lowest BCUT2D eigenvalue weighted by atomic mass is 10.2. The van der Waals surface area contributed by atoms with Crippen molar-refractivity contribution < 1.29 is 14.3 Å². The van der Waals surface area contributed by atoms with Gasteiger partial charge >= 0.3 is 6.03 Å². The maximum absolute atomic E-state index is 12.1. The van der Waals surface area contributed by atoms with Crippen molar-refractivity contribution >= 4 is 44.9 Å². The summed E-state index contributed by atoms with van der Waals surface area (Å²) in [6, 6.07) is 10.0. The Hall–Kier alpha value is -1.92. The van der Waals surface area contributed by atoms with E-state index in [9.17, 15) is 4.79 Å². The number of amides is 2. The fourth-order valence-corrected chi connectivity index (χ4v) is 2.44. The molecule has 2 aromatic carbocycles. The number of halogens is 2. The van der Waals surface area contributed by atoms with Crippen LogP contribution in [-0.4, -0.2) is 20.3 Å². The Morgan fingerprint density at radius 2 is 1.82 bits per heavy atom. The van der Waals surface area contributed by atoms with Crippen LogP contribution in [0.2, 0.25) is 5.02 Å². The third kappa shape index (κ3) is 4.05. The van der Waals surface area contributed by atoms with E-state index < -0.39 is 6.03 Å². The van der Waals surface area contributed by atoms with E-state index in [1.54, 1.807) is 24.3 Å². The number of anilines is 2. The Kier molecular flexibility index (Phi) is 5.51. The number of nitrogens with one attached hydrogen (secondary N) is 2. The third-order valence-electron chi connectivity index (χ3n) is 2.80. The Morgan fingerprint density at radius 1 is 1.09 bits per heavy atom. The SMILES string of the molecule is COc1cc(NC(=O)Nc2cccc(Br)c2)c(OC)cc1Cl. The molecule has 7 heteroatoms. The zero-order valence-corrected chi connectivity index (χ0v) is 14.3. The van der Waals surface area contributed by atoms with Crippen molar-refractivity contribution in [1.82, 2.24) is 0 Å². The van der Waals surface area contributed by atoms with Crippen LogP contribution >= 0.6 is 27.5 Å². The Balaban J connectivity index is 2.17. The summed E-state index contributed by atoms with van der Waals surface area (Å²) in [5.74, 6) is 0.885. The van der Waals surface area contributed by atoms with E-state index in [0.717, 1.165) is 4.47 Å². The molecule has 0 atom stereocenters. The molecular weight excluding hydrogens is 372 g/mol. The Morgan fingerprint density at radius 3 is 2.45 bits per heavy atom. The molecule has 2 N–H and O–H groups in total. The minimum absolute atomic E-state index is 0.400. The Labute approximate surface area is 141 Å². The van der Waals surface area contributed by atoms with E-state index in [1.807, 2.05) is 12.1 Å². The zero-order valence-electron chi connectivity index (χ0n) is 11.9. The van der Waals surface area contributed by atoms with Crippen molar-refractivity contribution in [2.45, 2.75) is 0 Å². The summed E-state index contributed by atoms with van der Waals surface area (Å²) in [6.45, 7) is 0. The van der Waals surface area contributed by atoms with Gasteiger partial charge in [0.1, 0.15) is 11.5 Å². The van der Waals surface area contributed by atoms with Gasteiger partial charge in [0.25, 0.3) is 0 Å². The van der Waals surface area contributed by atoms with Crippen LogP contribution in [-0.2, 0) is 0 Å². The second kappa shape index (κ2) is 7.38. The number of methoxy groups -OCH3 is 2. The molecule has 22 heavy (non-hydrogen) atoms. The van der Waals surface area contributed by atoms with Crippen LogP contribution in [0.3, 0.4) is 0 Å². The van der Waals surface area contributed by atoms with Gasteiger partial charge in [-0.15, -0.1) is 0 Å². The minimum atomic E-state index is -0.402. The van der Waals surface area contributed by atoms with Gasteiger partial charge in [0.15, 0.2) is 0 Å². The van der Waals surface area contributed by atoms with Crippen LogP contribution in [0, 0.1) is 0 Å². The predicted octanol–water partition coefficient (Wildman–Crippen LogP) is 4.76. The highest BCUT2D eigenvalue weighted by atomic mass is 79.9. The van der Waals surface area contributed by atoms with E-state index in [0.29, 0.717) is 27.9 Å². The molecule has 0 fully saturated rings. The molecule has 0 aliphatic rings. The van der Waals surface area contributed by atoms with E-state index in [1.165, 1.54) is 14.2 Å². The van der Waals surface area contributed by atoms with E-state index >= 15 is 0 Å². The van der Waals surface area contributed by atoms with Crippen molar-refractivity contribution in [1.29, 1.82) is 0 Å². The van der Waals surface area contributed by atoms with Gasteiger partial charge in [0.2, 0.25) is 0 Å². The number of urea groups is 1. The maximum atomic E-state index is 12.1. The van der Waals surface area contributed by atoms with Gasteiger partial charge in [-0.3, -0.25) is 0 Å². The first-order valence-electron chi connectivity index (χ1n) is 6.28. The van der Waals surface area contributed by atoms with Crippen molar-refractivity contribution in [2.24, 2.45) is 0 Å². The summed E-state index contributed by atoms with van der Waals surface area (Å²) >= 11 is 9.37. The van der Waals surface area contributed by atoms with Crippen molar-refractivity contribution in [3.8, 4) is 11.5 Å². The van der Waals surface area contributed by atoms with Crippen LogP contribution in [0.1, 0.15) is 0 Å². The summed E-state index contributed by atoms with van der Waals surface area (Å²) < 4.78 is 11.2. The summed E-state index contributed by atoms with van der Waals surface area (Å²) in [5.41, 5.74) is 1.11. The smallest absolute Gasteiger partial charge is 0.323 e. The van der Waals surface area contributed by atoms with Crippen LogP contribution in [0.4, 0.5) is 16.2 Å². The summed E-state index contributed by atoms with van der Waals surface area (Å²) in [7, 11) is 2.99. The van der Waals surface area contributed by atoms with Gasteiger partial charge in [-0.05, 0) is 18.2 Å². The first-order valence-corrected chi connectivity index (χ1v) is 7.45. The molecule has 2 rings (SSSR count). The average molecular weight is 386 g/mol. The van der Waals surface area contributed by atoms with E-state index in [2.05, 4.69) is 26.6 Å². The zero-order chi connectivity index (χ0) is 16.1. The van der Waals surface area contributed by atoms with Crippen molar-refractivity contribution in [3.63, 3.8) is 0 Å². The number of hydrogen-bond acceptors (Lipinski definition) is 3. The molecule has 2 amide bonds. The maximum Gasteiger partial charge on any atom is 0.323 e. The van der Waals surface area contributed by atoms with Crippen LogP contribution in [0.5, 0.6) is 11.5 Å². The summed E-state index contributed by atoms with van der Waals surface area (Å²) in [6.07, 6.45) is 0. The highest BCUT2D eigenvalue weighted by Gasteiger charge is 2.12. The average Bonchev–Trinajstić information content (AvgIpc) is 2.48. The second-order valence-electron chi connectivity index (χ2n) is 4.28. The molecule has 0 saturated carbocycles. The molecule has 0 bridgehead atoms. The molecule has 5 nitrogen and oxygen atoms in total. The van der Waals surface area contributed by atoms with Gasteiger partial charge in [-0.2, -0.15) is 0 Å². The number of benzene rings is 2. The van der Waals surface area contributed by atoms with E-state index in [4.69, 9.17) is 21.1 Å². The van der Waals surface area contributed by atoms with Gasteiger partial charge in [-0.25, -0.2) is 4.79 Å². The lowest BCUT2D eigenvalue weighted by molar-refractivity contribution is 0.262. The summed E-state index contributed by atoms with van der Waals surface area (Å²) in [4.78, 5) is 12.1. The Bertz CT molecular complexity index is 694. The minimum Gasteiger partial charge on any atom is -0.495 e. The van der Waals surface area contributed by atoms with Crippen LogP contribution in [0.15, 0.2) is 40.9 Å². The number of carbonyl (C=O) groups is 1. The number of ether oxygens (including phenoxy) is 2. The normalized spacial score (nSPS) is 10.0. The van der Waals surface area contributed by atoms with E-state index in [-0.39, 0.29) is 0 Å². The van der Waals surface area contributed by atoms with Crippen LogP contribution in [0.25, 0.3) is 0 Å². The van der Waals surface area contributed by atoms with Crippen molar-refractivity contribution in [2.75, 3.05) is 24.9 Å². The second-order valence-corrected chi connectivity index (χ2v) is 5.60. The fraction of sp³-hybridized carbons (Fsp3) is 0.133. The monoisotopic (exact) mass is 384 g/mol. The highest BCUT2D eigenvalue weighted by molar-refractivity contribution is 9.10. The molecule has 0 aliphatic carbocycles. The molecule has 116 valence electrons. The number of hydrogen-bond donors (Lipinski definition) is 2. The molecule has 0 spiro atoms. The van der Waals surface area contributed by atoms with Crippen LogP contribution < -0.4 is 20.1 Å². The molecule has 0 radical (unpaired) electrons. The number of carbonyl (C=O) groups excluding carboxylic acids is 1. The van der Waals surface area contributed by atoms with Gasteiger partial charge in [0, 0.05) is 22.3 Å². The quantitative estimate of drug-likeness (QED) is 0.797. The van der Waals surface area contributed by atoms with Crippen molar-refractivity contribution in [3.05, 3.63) is 45.9 Å². The number of rotatable bonds is 4. The lowest BCUT2D eigenvalue weighted by Crippen LogP contribution is -2.19. The molecular formula is C15H14BrClN2O3. The topological polar surface area (TPSA) is 59.6 Å². The molecule has 0 saturated heterocycles. The molecule has 0 aliphatic heterocycles. The third-order valence-corrected chi connectivity index (χ3v) is 3.59. The first-order chi connectivity index (χ1) is 10.5. The highest BCUT2D eigenvalue weighted by Crippen LogP contribution is 2.35. The molecule has 2 aromatic rings. The standard InChI is InChI=1S/C15H14BrClN2O3/c1-21-13-8-12(14(22-2)7-11(13)17)19-15(20)18-10-5-3-4-9(16)6-10/h3-8H,1-2H3,(H2,18,19,20).